The minimum absolute atomic E-state index is 0.243. The Bertz CT molecular complexity index is 894. The molecule has 3 aromatic rings. The third-order valence-corrected chi connectivity index (χ3v) is 3.63. The predicted octanol–water partition coefficient (Wildman–Crippen LogP) is 4.25. The molecule has 0 amide bonds. The Morgan fingerprint density at radius 3 is 2.31 bits per heavy atom. The standard InChI is InChI=1S/C20H19N3O3/c1-14-8-13-18(19(23-24)22-15-6-4-3-5-7-15)20(21-14)26-17-11-9-16(25-2)10-12-17/h3-13,24H,1-2H3,(H,22,23). The highest BCUT2D eigenvalue weighted by atomic mass is 16.5. The van der Waals surface area contributed by atoms with E-state index in [-0.39, 0.29) is 5.84 Å². The molecule has 0 aliphatic carbocycles. The second-order valence-corrected chi connectivity index (χ2v) is 5.49. The summed E-state index contributed by atoms with van der Waals surface area (Å²) in [6.07, 6.45) is 0. The molecule has 6 nitrogen and oxygen atoms in total. The van der Waals surface area contributed by atoms with Crippen LogP contribution in [0.3, 0.4) is 0 Å². The number of para-hydroxylation sites is 1. The highest BCUT2D eigenvalue weighted by Crippen LogP contribution is 2.26. The first-order chi connectivity index (χ1) is 12.7. The normalized spacial score (nSPS) is 11.1. The number of benzene rings is 2. The highest BCUT2D eigenvalue weighted by molar-refractivity contribution is 6.01. The summed E-state index contributed by atoms with van der Waals surface area (Å²) in [5.41, 5.74) is 4.16. The van der Waals surface area contributed by atoms with Gasteiger partial charge >= 0.3 is 0 Å². The van der Waals surface area contributed by atoms with Gasteiger partial charge in [0.2, 0.25) is 5.88 Å². The summed E-state index contributed by atoms with van der Waals surface area (Å²) in [5.74, 6) is 1.92. The van der Waals surface area contributed by atoms with Gasteiger partial charge in [0.25, 0.3) is 0 Å². The third-order valence-electron chi connectivity index (χ3n) is 3.63. The molecule has 0 bridgehead atoms. The topological polar surface area (TPSA) is 76.0 Å². The first-order valence-corrected chi connectivity index (χ1v) is 8.03. The molecule has 2 aromatic carbocycles. The molecule has 1 heterocycles. The van der Waals surface area contributed by atoms with E-state index in [0.717, 1.165) is 11.4 Å². The number of methoxy groups -OCH3 is 1. The van der Waals surface area contributed by atoms with Crippen molar-refractivity contribution in [3.05, 3.63) is 78.0 Å². The highest BCUT2D eigenvalue weighted by Gasteiger charge is 2.14. The van der Waals surface area contributed by atoms with Gasteiger partial charge in [-0.05, 0) is 55.5 Å². The molecular formula is C20H19N3O3. The van der Waals surface area contributed by atoms with Gasteiger partial charge in [0.1, 0.15) is 11.5 Å². The fourth-order valence-electron chi connectivity index (χ4n) is 2.32. The molecule has 0 radical (unpaired) electrons. The number of nitrogens with one attached hydrogen (secondary N) is 1. The van der Waals surface area contributed by atoms with E-state index in [4.69, 9.17) is 9.47 Å². The van der Waals surface area contributed by atoms with E-state index in [1.165, 1.54) is 0 Å². The molecule has 26 heavy (non-hydrogen) atoms. The first kappa shape index (κ1) is 17.4. The Labute approximate surface area is 151 Å². The largest absolute Gasteiger partial charge is 0.497 e. The van der Waals surface area contributed by atoms with E-state index in [2.05, 4.69) is 15.5 Å². The van der Waals surface area contributed by atoms with Crippen molar-refractivity contribution in [3.8, 4) is 17.4 Å². The maximum atomic E-state index is 9.59. The van der Waals surface area contributed by atoms with Gasteiger partial charge < -0.3 is 9.47 Å². The number of aryl methyl sites for hydroxylation is 1. The molecule has 0 saturated heterocycles. The molecule has 0 unspecified atom stereocenters. The number of hydrogen-bond donors (Lipinski definition) is 2. The summed E-state index contributed by atoms with van der Waals surface area (Å²) < 4.78 is 11.1. The van der Waals surface area contributed by atoms with E-state index >= 15 is 0 Å². The second-order valence-electron chi connectivity index (χ2n) is 5.49. The lowest BCUT2D eigenvalue weighted by atomic mass is 10.2. The van der Waals surface area contributed by atoms with Gasteiger partial charge in [0.15, 0.2) is 5.84 Å². The second kappa shape index (κ2) is 8.13. The third kappa shape index (κ3) is 4.17. The van der Waals surface area contributed by atoms with Crippen molar-refractivity contribution in [2.75, 3.05) is 7.11 Å². The summed E-state index contributed by atoms with van der Waals surface area (Å²) in [6, 6.07) is 20.1. The minimum Gasteiger partial charge on any atom is -0.497 e. The summed E-state index contributed by atoms with van der Waals surface area (Å²) in [4.78, 5) is 8.86. The number of rotatable bonds is 5. The van der Waals surface area contributed by atoms with Crippen LogP contribution in [0.2, 0.25) is 0 Å². The number of amidine groups is 1. The monoisotopic (exact) mass is 349 g/mol. The Hall–Kier alpha value is -3.38. The Balaban J connectivity index is 1.97. The Morgan fingerprint density at radius 2 is 1.65 bits per heavy atom. The SMILES string of the molecule is COc1ccc(Oc2nc(C)ccc2C(=Nc2ccccc2)NO)cc1. The molecule has 0 aliphatic rings. The van der Waals surface area contributed by atoms with Gasteiger partial charge in [0, 0.05) is 5.69 Å². The van der Waals surface area contributed by atoms with Gasteiger partial charge in [-0.1, -0.05) is 18.2 Å². The molecule has 6 heteroatoms. The minimum atomic E-state index is 0.243. The number of ether oxygens (including phenoxy) is 2. The maximum Gasteiger partial charge on any atom is 0.230 e. The van der Waals surface area contributed by atoms with Crippen LogP contribution in [0, 0.1) is 6.92 Å². The van der Waals surface area contributed by atoms with Crippen molar-refractivity contribution in [1.82, 2.24) is 10.5 Å². The number of nitrogens with zero attached hydrogens (tertiary/aromatic N) is 2. The van der Waals surface area contributed by atoms with E-state index in [1.807, 2.05) is 43.3 Å². The summed E-state index contributed by atoms with van der Waals surface area (Å²) in [5, 5.41) is 9.59. The molecule has 0 aliphatic heterocycles. The van der Waals surface area contributed by atoms with Gasteiger partial charge in [-0.15, -0.1) is 0 Å². The van der Waals surface area contributed by atoms with Crippen molar-refractivity contribution < 1.29 is 14.7 Å². The Kier molecular flexibility index (Phi) is 5.46. The van der Waals surface area contributed by atoms with Crippen LogP contribution in [0.25, 0.3) is 0 Å². The maximum absolute atomic E-state index is 9.59. The number of pyridine rings is 1. The van der Waals surface area contributed by atoms with Crippen LogP contribution < -0.4 is 15.0 Å². The molecule has 3 rings (SSSR count). The molecule has 0 atom stereocenters. The summed E-state index contributed by atoms with van der Waals surface area (Å²) in [6.45, 7) is 1.87. The van der Waals surface area contributed by atoms with E-state index in [0.29, 0.717) is 22.9 Å². The van der Waals surface area contributed by atoms with Gasteiger partial charge in [-0.2, -0.15) is 0 Å². The zero-order valence-corrected chi connectivity index (χ0v) is 14.5. The molecule has 0 fully saturated rings. The van der Waals surface area contributed by atoms with E-state index in [9.17, 15) is 5.21 Å². The fraction of sp³-hybridized carbons (Fsp3) is 0.100. The molecular weight excluding hydrogens is 330 g/mol. The van der Waals surface area contributed by atoms with Gasteiger partial charge in [-0.3, -0.25) is 10.7 Å². The smallest absolute Gasteiger partial charge is 0.230 e. The molecule has 0 spiro atoms. The first-order valence-electron chi connectivity index (χ1n) is 8.03. The molecule has 0 saturated carbocycles. The molecule has 1 aromatic heterocycles. The number of hydrogen-bond acceptors (Lipinski definition) is 5. The van der Waals surface area contributed by atoms with Crippen LogP contribution in [0.15, 0.2) is 71.7 Å². The molecule has 2 N–H and O–H groups in total. The van der Waals surface area contributed by atoms with Crippen LogP contribution in [0.4, 0.5) is 5.69 Å². The summed E-state index contributed by atoms with van der Waals surface area (Å²) in [7, 11) is 1.61. The van der Waals surface area contributed by atoms with Crippen molar-refractivity contribution >= 4 is 11.5 Å². The zero-order chi connectivity index (χ0) is 18.4. The van der Waals surface area contributed by atoms with Crippen molar-refractivity contribution in [1.29, 1.82) is 0 Å². The van der Waals surface area contributed by atoms with Crippen molar-refractivity contribution in [2.45, 2.75) is 6.92 Å². The van der Waals surface area contributed by atoms with Crippen LogP contribution in [-0.4, -0.2) is 23.1 Å². The number of aromatic nitrogens is 1. The Morgan fingerprint density at radius 1 is 0.962 bits per heavy atom. The van der Waals surface area contributed by atoms with Crippen LogP contribution >= 0.6 is 0 Å². The lowest BCUT2D eigenvalue weighted by Gasteiger charge is -2.12. The average Bonchev–Trinajstić information content (AvgIpc) is 2.68. The van der Waals surface area contributed by atoms with Crippen molar-refractivity contribution in [3.63, 3.8) is 0 Å². The zero-order valence-electron chi connectivity index (χ0n) is 14.5. The summed E-state index contributed by atoms with van der Waals surface area (Å²) >= 11 is 0. The quantitative estimate of drug-likeness (QED) is 0.409. The average molecular weight is 349 g/mol. The number of aliphatic imine (C=N–C) groups is 1. The predicted molar refractivity (Wildman–Crippen MR) is 99.6 cm³/mol. The lowest BCUT2D eigenvalue weighted by Crippen LogP contribution is -2.21. The van der Waals surface area contributed by atoms with Crippen molar-refractivity contribution in [2.24, 2.45) is 4.99 Å². The van der Waals surface area contributed by atoms with Gasteiger partial charge in [0.05, 0.1) is 18.4 Å². The van der Waals surface area contributed by atoms with Crippen LogP contribution in [0.5, 0.6) is 17.4 Å². The fourth-order valence-corrected chi connectivity index (χ4v) is 2.32. The van der Waals surface area contributed by atoms with Crippen LogP contribution in [0.1, 0.15) is 11.3 Å². The van der Waals surface area contributed by atoms with Gasteiger partial charge in [-0.25, -0.2) is 9.98 Å². The van der Waals surface area contributed by atoms with Crippen LogP contribution in [-0.2, 0) is 0 Å². The van der Waals surface area contributed by atoms with E-state index < -0.39 is 0 Å². The van der Waals surface area contributed by atoms with E-state index in [1.54, 1.807) is 37.4 Å². The lowest BCUT2D eigenvalue weighted by molar-refractivity contribution is 0.234. The number of hydroxylamine groups is 1. The molecule has 132 valence electrons.